The molecule has 0 unspecified atom stereocenters. The molecule has 3 aromatic rings. The first kappa shape index (κ1) is 17.8. The third kappa shape index (κ3) is 2.80. The summed E-state index contributed by atoms with van der Waals surface area (Å²) >= 11 is 0. The van der Waals surface area contributed by atoms with Crippen molar-refractivity contribution in [1.82, 2.24) is 19.2 Å². The summed E-state index contributed by atoms with van der Waals surface area (Å²) in [6.45, 7) is 4.18. The minimum atomic E-state index is -0.187. The number of ether oxygens (including phenoxy) is 1. The van der Waals surface area contributed by atoms with Gasteiger partial charge in [-0.25, -0.2) is 0 Å². The molecule has 150 valence electrons. The third-order valence-corrected chi connectivity index (χ3v) is 6.18. The van der Waals surface area contributed by atoms with E-state index in [1.54, 1.807) is 18.0 Å². The maximum Gasteiger partial charge on any atom is 0.257 e. The smallest absolute Gasteiger partial charge is 0.257 e. The van der Waals surface area contributed by atoms with E-state index in [0.717, 1.165) is 36.5 Å². The zero-order valence-electron chi connectivity index (χ0n) is 16.8. The van der Waals surface area contributed by atoms with Gasteiger partial charge in [0, 0.05) is 43.8 Å². The van der Waals surface area contributed by atoms with Gasteiger partial charge >= 0.3 is 0 Å². The monoisotopic (exact) mass is 391 g/mol. The second-order valence-corrected chi connectivity index (χ2v) is 7.73. The highest BCUT2D eigenvalue weighted by molar-refractivity contribution is 5.93. The van der Waals surface area contributed by atoms with Gasteiger partial charge in [0.2, 0.25) is 0 Å². The Balaban J connectivity index is 1.41. The fourth-order valence-electron chi connectivity index (χ4n) is 4.56. The lowest BCUT2D eigenvalue weighted by atomic mass is 9.82. The van der Waals surface area contributed by atoms with E-state index in [4.69, 9.17) is 4.74 Å². The average Bonchev–Trinajstić information content (AvgIpc) is 3.44. The topological polar surface area (TPSA) is 64.3 Å². The van der Waals surface area contributed by atoms with Gasteiger partial charge in [0.15, 0.2) is 0 Å². The Kier molecular flexibility index (Phi) is 4.12. The van der Waals surface area contributed by atoms with Crippen LogP contribution in [-0.4, -0.2) is 45.4 Å². The maximum atomic E-state index is 12.9. The molecule has 0 aliphatic carbocycles. The normalized spacial score (nSPS) is 16.8. The summed E-state index contributed by atoms with van der Waals surface area (Å²) in [7, 11) is 1.69. The molecular formula is C22H25N5O2. The number of benzene rings is 1. The van der Waals surface area contributed by atoms with Gasteiger partial charge in [-0.05, 0) is 44.0 Å². The molecule has 1 N–H and O–H groups in total. The molecule has 0 radical (unpaired) electrons. The molecule has 1 amide bonds. The zero-order chi connectivity index (χ0) is 20.0. The van der Waals surface area contributed by atoms with Crippen LogP contribution >= 0.6 is 0 Å². The van der Waals surface area contributed by atoms with Gasteiger partial charge in [0.25, 0.3) is 5.91 Å². The van der Waals surface area contributed by atoms with E-state index in [1.807, 2.05) is 24.1 Å². The number of hydrogen-bond acceptors (Lipinski definition) is 4. The van der Waals surface area contributed by atoms with Gasteiger partial charge in [0.1, 0.15) is 5.75 Å². The van der Waals surface area contributed by atoms with E-state index >= 15 is 0 Å². The minimum Gasteiger partial charge on any atom is -0.497 e. The van der Waals surface area contributed by atoms with Crippen LogP contribution in [0.5, 0.6) is 5.75 Å². The molecule has 0 atom stereocenters. The highest BCUT2D eigenvalue weighted by Crippen LogP contribution is 2.44. The summed E-state index contributed by atoms with van der Waals surface area (Å²) in [6.07, 6.45) is 7.31. The molecule has 2 aromatic heterocycles. The Bertz CT molecular complexity index is 1060. The Labute approximate surface area is 169 Å². The Hall–Kier alpha value is -3.22. The second kappa shape index (κ2) is 6.69. The largest absolute Gasteiger partial charge is 0.497 e. The standard InChI is InChI=1S/C22H25N5O2/c1-3-26-15-16(14-23-26)21(28)25-11-8-22(9-12-25)20-5-4-10-27(20)19-7-6-17(29-2)13-18(19)24-22/h4-7,10,13-15,24H,3,8-9,11-12H2,1-2H3. The number of aryl methyl sites for hydroxylation is 1. The number of methoxy groups -OCH3 is 1. The number of likely N-dealkylation sites (tertiary alicyclic amines) is 1. The van der Waals surface area contributed by atoms with E-state index in [9.17, 15) is 4.79 Å². The fourth-order valence-corrected chi connectivity index (χ4v) is 4.56. The van der Waals surface area contributed by atoms with Crippen molar-refractivity contribution in [3.05, 3.63) is 60.2 Å². The molecule has 7 nitrogen and oxygen atoms in total. The van der Waals surface area contributed by atoms with Gasteiger partial charge < -0.3 is 19.5 Å². The molecule has 4 heterocycles. The van der Waals surface area contributed by atoms with E-state index in [1.165, 1.54) is 5.69 Å². The van der Waals surface area contributed by atoms with Crippen molar-refractivity contribution in [2.75, 3.05) is 25.5 Å². The summed E-state index contributed by atoms with van der Waals surface area (Å²) < 4.78 is 9.47. The summed E-state index contributed by atoms with van der Waals surface area (Å²) in [5.41, 5.74) is 3.92. The molecule has 1 aromatic carbocycles. The Morgan fingerprint density at radius 1 is 1.28 bits per heavy atom. The van der Waals surface area contributed by atoms with Gasteiger partial charge in [-0.3, -0.25) is 9.48 Å². The van der Waals surface area contributed by atoms with Gasteiger partial charge in [0.05, 0.1) is 35.8 Å². The van der Waals surface area contributed by atoms with Crippen LogP contribution in [0.1, 0.15) is 35.8 Å². The molecule has 7 heteroatoms. The van der Waals surface area contributed by atoms with Crippen LogP contribution < -0.4 is 10.1 Å². The average molecular weight is 391 g/mol. The summed E-state index contributed by atoms with van der Waals surface area (Å²) in [5.74, 6) is 0.898. The number of fused-ring (bicyclic) bond motifs is 4. The first-order chi connectivity index (χ1) is 14.1. The number of carbonyl (C=O) groups excluding carboxylic acids is 1. The predicted molar refractivity (Wildman–Crippen MR) is 111 cm³/mol. The molecule has 2 aliphatic rings. The second-order valence-electron chi connectivity index (χ2n) is 7.73. The lowest BCUT2D eigenvalue weighted by molar-refractivity contribution is 0.0676. The Morgan fingerprint density at radius 3 is 2.83 bits per heavy atom. The highest BCUT2D eigenvalue weighted by atomic mass is 16.5. The SMILES string of the molecule is CCn1cc(C(=O)N2CCC3(CC2)Nc2cc(OC)ccc2-n2cccc23)cn1. The number of amides is 1. The van der Waals surface area contributed by atoms with Crippen LogP contribution in [-0.2, 0) is 12.1 Å². The molecular weight excluding hydrogens is 366 g/mol. The zero-order valence-corrected chi connectivity index (χ0v) is 16.8. The van der Waals surface area contributed by atoms with Crippen molar-refractivity contribution in [3.8, 4) is 11.4 Å². The third-order valence-electron chi connectivity index (χ3n) is 6.18. The molecule has 2 aliphatic heterocycles. The van der Waals surface area contributed by atoms with Crippen molar-refractivity contribution < 1.29 is 9.53 Å². The molecule has 1 spiro atoms. The maximum absolute atomic E-state index is 12.9. The summed E-state index contributed by atoms with van der Waals surface area (Å²) in [5, 5.41) is 8.03. The number of rotatable bonds is 3. The molecule has 1 fully saturated rings. The number of nitrogens with one attached hydrogen (secondary N) is 1. The molecule has 1 saturated heterocycles. The molecule has 5 rings (SSSR count). The van der Waals surface area contributed by atoms with E-state index in [-0.39, 0.29) is 11.4 Å². The van der Waals surface area contributed by atoms with Crippen LogP contribution in [0.3, 0.4) is 0 Å². The van der Waals surface area contributed by atoms with E-state index in [2.05, 4.69) is 45.4 Å². The summed E-state index contributed by atoms with van der Waals surface area (Å²) in [6, 6.07) is 10.4. The molecule has 0 bridgehead atoms. The fraction of sp³-hybridized carbons (Fsp3) is 0.364. The van der Waals surface area contributed by atoms with Crippen LogP contribution in [0.25, 0.3) is 5.69 Å². The number of hydrogen-bond donors (Lipinski definition) is 1. The number of nitrogens with zero attached hydrogens (tertiary/aromatic N) is 4. The van der Waals surface area contributed by atoms with E-state index in [0.29, 0.717) is 18.7 Å². The Morgan fingerprint density at radius 2 is 2.10 bits per heavy atom. The molecule has 0 saturated carbocycles. The predicted octanol–water partition coefficient (Wildman–Crippen LogP) is 3.26. The van der Waals surface area contributed by atoms with Crippen LogP contribution in [0.2, 0.25) is 0 Å². The van der Waals surface area contributed by atoms with Crippen molar-refractivity contribution >= 4 is 11.6 Å². The number of aromatic nitrogens is 3. The van der Waals surface area contributed by atoms with Crippen molar-refractivity contribution in [2.45, 2.75) is 31.8 Å². The lowest BCUT2D eigenvalue weighted by Gasteiger charge is -2.46. The molecule has 29 heavy (non-hydrogen) atoms. The van der Waals surface area contributed by atoms with Crippen LogP contribution in [0.15, 0.2) is 48.9 Å². The highest BCUT2D eigenvalue weighted by Gasteiger charge is 2.42. The van der Waals surface area contributed by atoms with Gasteiger partial charge in [-0.1, -0.05) is 0 Å². The first-order valence-corrected chi connectivity index (χ1v) is 10.1. The summed E-state index contributed by atoms with van der Waals surface area (Å²) in [4.78, 5) is 14.9. The number of piperidine rings is 1. The van der Waals surface area contributed by atoms with Crippen molar-refractivity contribution in [3.63, 3.8) is 0 Å². The van der Waals surface area contributed by atoms with Gasteiger partial charge in [-0.2, -0.15) is 5.10 Å². The van der Waals surface area contributed by atoms with Crippen molar-refractivity contribution in [1.29, 1.82) is 0 Å². The number of anilines is 1. The van der Waals surface area contributed by atoms with Gasteiger partial charge in [-0.15, -0.1) is 0 Å². The van der Waals surface area contributed by atoms with E-state index < -0.39 is 0 Å². The van der Waals surface area contributed by atoms with Crippen LogP contribution in [0, 0.1) is 0 Å². The first-order valence-electron chi connectivity index (χ1n) is 10.1. The van der Waals surface area contributed by atoms with Crippen molar-refractivity contribution in [2.24, 2.45) is 0 Å². The lowest BCUT2D eigenvalue weighted by Crippen LogP contribution is -2.51. The minimum absolute atomic E-state index is 0.0628. The van der Waals surface area contributed by atoms with Crippen LogP contribution in [0.4, 0.5) is 5.69 Å². The quantitative estimate of drug-likeness (QED) is 0.744. The number of carbonyl (C=O) groups is 1.